The predicted octanol–water partition coefficient (Wildman–Crippen LogP) is 1.52. The van der Waals surface area contributed by atoms with Crippen LogP contribution in [0.3, 0.4) is 0 Å². The van der Waals surface area contributed by atoms with Crippen LogP contribution in [0.25, 0.3) is 0 Å². The molecular formula is C8H10F2N2. The maximum Gasteiger partial charge on any atom is 0.287 e. The van der Waals surface area contributed by atoms with Gasteiger partial charge in [-0.2, -0.15) is 8.78 Å². The van der Waals surface area contributed by atoms with Gasteiger partial charge in [0.1, 0.15) is 0 Å². The fourth-order valence-electron chi connectivity index (χ4n) is 0.837. The molecule has 0 fully saturated rings. The average Bonchev–Trinajstić information content (AvgIpc) is 2.06. The van der Waals surface area contributed by atoms with Crippen LogP contribution in [-0.2, 0) is 5.92 Å². The van der Waals surface area contributed by atoms with Gasteiger partial charge < -0.3 is 5.73 Å². The Kier molecular flexibility index (Phi) is 2.38. The number of nitrogens with two attached hydrogens (primary N) is 1. The van der Waals surface area contributed by atoms with Crippen LogP contribution in [0, 0.1) is 0 Å². The third kappa shape index (κ3) is 1.58. The third-order valence-electron chi connectivity index (χ3n) is 1.64. The number of aromatic nitrogens is 1. The predicted molar refractivity (Wildman–Crippen MR) is 41.8 cm³/mol. The van der Waals surface area contributed by atoms with Crippen LogP contribution < -0.4 is 5.73 Å². The van der Waals surface area contributed by atoms with Crippen molar-refractivity contribution in [1.29, 1.82) is 0 Å². The van der Waals surface area contributed by atoms with Gasteiger partial charge in [0.15, 0.2) is 0 Å². The summed E-state index contributed by atoms with van der Waals surface area (Å²) in [6.45, 7) is 1.28. The Morgan fingerprint density at radius 1 is 1.42 bits per heavy atom. The molecule has 0 saturated heterocycles. The molecule has 0 aliphatic heterocycles. The molecular weight excluding hydrogens is 162 g/mol. The first-order chi connectivity index (χ1) is 5.55. The summed E-state index contributed by atoms with van der Waals surface area (Å²) in [5.74, 6) is -2.97. The van der Waals surface area contributed by atoms with E-state index in [9.17, 15) is 8.78 Å². The number of rotatable bonds is 2. The minimum Gasteiger partial charge on any atom is -0.323 e. The largest absolute Gasteiger partial charge is 0.323 e. The zero-order chi connectivity index (χ0) is 9.19. The van der Waals surface area contributed by atoms with E-state index < -0.39 is 12.0 Å². The number of hydrogen-bond acceptors (Lipinski definition) is 2. The van der Waals surface area contributed by atoms with Gasteiger partial charge >= 0.3 is 0 Å². The highest BCUT2D eigenvalue weighted by Crippen LogP contribution is 2.29. The number of halogens is 2. The van der Waals surface area contributed by atoms with E-state index in [0.717, 1.165) is 0 Å². The third-order valence-corrected chi connectivity index (χ3v) is 1.64. The van der Waals surface area contributed by atoms with Crippen molar-refractivity contribution in [3.05, 3.63) is 30.1 Å². The van der Waals surface area contributed by atoms with E-state index in [2.05, 4.69) is 4.98 Å². The van der Waals surface area contributed by atoms with Crippen molar-refractivity contribution in [2.45, 2.75) is 18.9 Å². The first-order valence-electron chi connectivity index (χ1n) is 3.59. The maximum atomic E-state index is 13.1. The van der Waals surface area contributed by atoms with Crippen LogP contribution in [0.5, 0.6) is 0 Å². The fraction of sp³-hybridized carbons (Fsp3) is 0.375. The summed E-state index contributed by atoms with van der Waals surface area (Å²) in [6.07, 6.45) is 2.65. The molecule has 0 amide bonds. The van der Waals surface area contributed by atoms with Crippen molar-refractivity contribution in [2.75, 3.05) is 0 Å². The Labute approximate surface area is 69.4 Å². The summed E-state index contributed by atoms with van der Waals surface area (Å²) in [7, 11) is 0. The average molecular weight is 172 g/mol. The molecule has 2 nitrogen and oxygen atoms in total. The monoisotopic (exact) mass is 172 g/mol. The van der Waals surface area contributed by atoms with Crippen LogP contribution in [0.2, 0.25) is 0 Å². The highest BCUT2D eigenvalue weighted by Gasteiger charge is 2.35. The molecule has 0 aliphatic carbocycles. The van der Waals surface area contributed by atoms with E-state index in [4.69, 9.17) is 5.73 Å². The zero-order valence-corrected chi connectivity index (χ0v) is 6.67. The smallest absolute Gasteiger partial charge is 0.287 e. The molecule has 0 bridgehead atoms. The van der Waals surface area contributed by atoms with Crippen LogP contribution in [0.15, 0.2) is 24.5 Å². The molecule has 4 heteroatoms. The number of alkyl halides is 2. The molecule has 1 heterocycles. The Balaban J connectivity index is 2.98. The maximum absolute atomic E-state index is 13.1. The molecule has 2 N–H and O–H groups in total. The summed E-state index contributed by atoms with van der Waals surface area (Å²) in [4.78, 5) is 3.64. The molecule has 1 aromatic rings. The van der Waals surface area contributed by atoms with Crippen molar-refractivity contribution < 1.29 is 8.78 Å². The lowest BCUT2D eigenvalue weighted by atomic mass is 10.0. The van der Waals surface area contributed by atoms with Crippen molar-refractivity contribution in [3.8, 4) is 0 Å². The molecule has 1 atom stereocenters. The van der Waals surface area contributed by atoms with Crippen molar-refractivity contribution in [2.24, 2.45) is 5.73 Å². The second-order valence-corrected chi connectivity index (χ2v) is 2.65. The number of hydrogen-bond donors (Lipinski definition) is 1. The zero-order valence-electron chi connectivity index (χ0n) is 6.67. The lowest BCUT2D eigenvalue weighted by molar-refractivity contribution is -0.0257. The summed E-state index contributed by atoms with van der Waals surface area (Å²) in [5.41, 5.74) is 5.04. The van der Waals surface area contributed by atoms with Crippen molar-refractivity contribution in [1.82, 2.24) is 4.98 Å². The molecule has 66 valence electrons. The van der Waals surface area contributed by atoms with Gasteiger partial charge in [-0.3, -0.25) is 4.98 Å². The van der Waals surface area contributed by atoms with Crippen molar-refractivity contribution in [3.63, 3.8) is 0 Å². The Morgan fingerprint density at radius 3 is 2.33 bits per heavy atom. The molecule has 1 aromatic heterocycles. The molecule has 0 aromatic carbocycles. The topological polar surface area (TPSA) is 38.9 Å². The van der Waals surface area contributed by atoms with Gasteiger partial charge in [0.2, 0.25) is 0 Å². The normalized spacial score (nSPS) is 14.3. The van der Waals surface area contributed by atoms with E-state index in [0.29, 0.717) is 0 Å². The van der Waals surface area contributed by atoms with Gasteiger partial charge in [0.25, 0.3) is 5.92 Å². The fourth-order valence-corrected chi connectivity index (χ4v) is 0.837. The Hall–Kier alpha value is -1.03. The highest BCUT2D eigenvalue weighted by atomic mass is 19.3. The second kappa shape index (κ2) is 3.15. The van der Waals surface area contributed by atoms with Crippen molar-refractivity contribution >= 4 is 0 Å². The van der Waals surface area contributed by atoms with Gasteiger partial charge in [0.05, 0.1) is 6.04 Å². The van der Waals surface area contributed by atoms with E-state index in [-0.39, 0.29) is 5.56 Å². The SMILES string of the molecule is CC(N)C(F)(F)c1ccncc1. The van der Waals surface area contributed by atoms with Crippen LogP contribution in [-0.4, -0.2) is 11.0 Å². The number of pyridine rings is 1. The van der Waals surface area contributed by atoms with Crippen LogP contribution in [0.4, 0.5) is 8.78 Å². The van der Waals surface area contributed by atoms with E-state index in [1.54, 1.807) is 0 Å². The van der Waals surface area contributed by atoms with Gasteiger partial charge in [-0.25, -0.2) is 0 Å². The van der Waals surface area contributed by atoms with Crippen LogP contribution in [0.1, 0.15) is 12.5 Å². The minimum absolute atomic E-state index is 0.0903. The Bertz CT molecular complexity index is 246. The molecule has 0 saturated carbocycles. The van der Waals surface area contributed by atoms with E-state index >= 15 is 0 Å². The molecule has 1 rings (SSSR count). The Morgan fingerprint density at radius 2 is 1.92 bits per heavy atom. The van der Waals surface area contributed by atoms with Gasteiger partial charge in [-0.05, 0) is 19.1 Å². The lowest BCUT2D eigenvalue weighted by Crippen LogP contribution is -2.35. The molecule has 12 heavy (non-hydrogen) atoms. The quantitative estimate of drug-likeness (QED) is 0.734. The first kappa shape index (κ1) is 9.06. The van der Waals surface area contributed by atoms with E-state index in [1.807, 2.05) is 0 Å². The standard InChI is InChI=1S/C8H10F2N2/c1-6(11)8(9,10)7-2-4-12-5-3-7/h2-6H,11H2,1H3. The highest BCUT2D eigenvalue weighted by molar-refractivity contribution is 5.17. The van der Waals surface area contributed by atoms with Crippen LogP contribution >= 0.6 is 0 Å². The summed E-state index contributed by atoms with van der Waals surface area (Å²) in [6, 6.07) is 1.35. The van der Waals surface area contributed by atoms with Gasteiger partial charge in [0, 0.05) is 18.0 Å². The summed E-state index contributed by atoms with van der Waals surface area (Å²) >= 11 is 0. The first-order valence-corrected chi connectivity index (χ1v) is 3.59. The summed E-state index contributed by atoms with van der Waals surface area (Å²) in [5, 5.41) is 0. The van der Waals surface area contributed by atoms with E-state index in [1.165, 1.54) is 31.5 Å². The van der Waals surface area contributed by atoms with Gasteiger partial charge in [-0.1, -0.05) is 0 Å². The molecule has 0 spiro atoms. The summed E-state index contributed by atoms with van der Waals surface area (Å²) < 4.78 is 26.3. The molecule has 1 unspecified atom stereocenters. The second-order valence-electron chi connectivity index (χ2n) is 2.65. The van der Waals surface area contributed by atoms with Gasteiger partial charge in [-0.15, -0.1) is 0 Å². The molecule has 0 radical (unpaired) electrons. The number of nitrogens with zero attached hydrogens (tertiary/aromatic N) is 1. The minimum atomic E-state index is -2.97. The lowest BCUT2D eigenvalue weighted by Gasteiger charge is -2.19. The molecule has 0 aliphatic rings.